The number of hydrogen-bond acceptors (Lipinski definition) is 5. The summed E-state index contributed by atoms with van der Waals surface area (Å²) in [6, 6.07) is 9.62. The largest absolute Gasteiger partial charge is 0.438 e. The van der Waals surface area contributed by atoms with Crippen molar-refractivity contribution in [3.63, 3.8) is 0 Å². The molecule has 162 valence electrons. The average Bonchev–Trinajstić information content (AvgIpc) is 3.29. The molecule has 1 aliphatic rings. The molecule has 1 atom stereocenters. The van der Waals surface area contributed by atoms with E-state index in [4.69, 9.17) is 4.42 Å². The van der Waals surface area contributed by atoms with E-state index in [9.17, 15) is 9.59 Å². The van der Waals surface area contributed by atoms with Crippen LogP contribution in [0.4, 0.5) is 0 Å². The molecule has 1 amide bonds. The van der Waals surface area contributed by atoms with Crippen molar-refractivity contribution in [1.82, 2.24) is 15.6 Å². The zero-order valence-electron chi connectivity index (χ0n) is 17.9. The molecule has 2 N–H and O–H groups in total. The Labute approximate surface area is 178 Å². The first-order valence-electron chi connectivity index (χ1n) is 11.2. The molecular weight excluding hydrogens is 378 g/mol. The summed E-state index contributed by atoms with van der Waals surface area (Å²) in [7, 11) is 0. The van der Waals surface area contributed by atoms with Crippen molar-refractivity contribution in [1.29, 1.82) is 0 Å². The number of Topliss-reactive ketones (excluding diaryl/α,β-unsaturated/α-hetero) is 1. The van der Waals surface area contributed by atoms with Crippen LogP contribution < -0.4 is 10.6 Å². The number of amides is 1. The molecule has 0 spiro atoms. The fourth-order valence-corrected chi connectivity index (χ4v) is 3.84. The molecule has 1 aliphatic heterocycles. The van der Waals surface area contributed by atoms with Crippen molar-refractivity contribution in [2.75, 3.05) is 13.1 Å². The van der Waals surface area contributed by atoms with Crippen molar-refractivity contribution in [3.05, 3.63) is 42.4 Å². The predicted molar refractivity (Wildman–Crippen MR) is 117 cm³/mol. The fraction of sp³-hybridized carbons (Fsp3) is 0.542. The van der Waals surface area contributed by atoms with E-state index < -0.39 is 0 Å². The van der Waals surface area contributed by atoms with Crippen LogP contribution in [0.2, 0.25) is 0 Å². The maximum Gasteiger partial charge on any atom is 0.223 e. The third-order valence-corrected chi connectivity index (χ3v) is 5.75. The Bertz CT molecular complexity index is 797. The molecule has 6 heteroatoms. The Kier molecular flexibility index (Phi) is 8.63. The minimum atomic E-state index is -0.244. The topological polar surface area (TPSA) is 84.2 Å². The number of hydrogen-bond donors (Lipinski definition) is 2. The number of carbonyl (C=O) groups excluding carboxylic acids is 2. The highest BCUT2D eigenvalue weighted by Crippen LogP contribution is 2.26. The van der Waals surface area contributed by atoms with Gasteiger partial charge in [-0.3, -0.25) is 9.59 Å². The molecule has 0 radical (unpaired) electrons. The van der Waals surface area contributed by atoms with Crippen LogP contribution in [0.25, 0.3) is 11.3 Å². The van der Waals surface area contributed by atoms with Crippen LogP contribution in [0, 0.1) is 5.92 Å². The van der Waals surface area contributed by atoms with E-state index >= 15 is 0 Å². The number of nitrogens with one attached hydrogen (secondary N) is 2. The number of benzene rings is 1. The molecule has 2 aromatic rings. The SMILES string of the molecule is CCC(=O)CCCCCC(NC(=O)C1CCNCC1)c1ncc(-c2ccccc2)o1. The molecule has 3 rings (SSSR count). The van der Waals surface area contributed by atoms with E-state index in [2.05, 4.69) is 15.6 Å². The minimum absolute atomic E-state index is 0.0412. The number of piperidine rings is 1. The zero-order chi connectivity index (χ0) is 21.2. The van der Waals surface area contributed by atoms with Crippen molar-refractivity contribution in [2.24, 2.45) is 5.92 Å². The number of unbranched alkanes of at least 4 members (excludes halogenated alkanes) is 2. The van der Waals surface area contributed by atoms with Gasteiger partial charge in [0, 0.05) is 24.3 Å². The van der Waals surface area contributed by atoms with Gasteiger partial charge in [0.15, 0.2) is 5.76 Å². The van der Waals surface area contributed by atoms with Gasteiger partial charge in [0.05, 0.1) is 6.20 Å². The molecule has 1 fully saturated rings. The van der Waals surface area contributed by atoms with Gasteiger partial charge in [-0.2, -0.15) is 0 Å². The first kappa shape index (κ1) is 22.2. The molecule has 1 unspecified atom stereocenters. The maximum absolute atomic E-state index is 12.8. The van der Waals surface area contributed by atoms with E-state index in [1.165, 1.54) is 0 Å². The summed E-state index contributed by atoms with van der Waals surface area (Å²) >= 11 is 0. The van der Waals surface area contributed by atoms with Crippen LogP contribution in [0.15, 0.2) is 40.9 Å². The second-order valence-corrected chi connectivity index (χ2v) is 8.01. The first-order valence-corrected chi connectivity index (χ1v) is 11.2. The third-order valence-electron chi connectivity index (χ3n) is 5.75. The number of aromatic nitrogens is 1. The second-order valence-electron chi connectivity index (χ2n) is 8.01. The maximum atomic E-state index is 12.8. The summed E-state index contributed by atoms with van der Waals surface area (Å²) in [5.74, 6) is 1.70. The van der Waals surface area contributed by atoms with Crippen LogP contribution in [-0.2, 0) is 9.59 Å². The summed E-state index contributed by atoms with van der Waals surface area (Å²) in [6.45, 7) is 3.66. The predicted octanol–water partition coefficient (Wildman–Crippen LogP) is 4.43. The summed E-state index contributed by atoms with van der Waals surface area (Å²) in [5, 5.41) is 6.49. The zero-order valence-corrected chi connectivity index (χ0v) is 17.9. The normalized spacial score (nSPS) is 15.6. The summed E-state index contributed by atoms with van der Waals surface area (Å²) in [6.07, 6.45) is 8.21. The van der Waals surface area contributed by atoms with Crippen molar-refractivity contribution in [3.8, 4) is 11.3 Å². The van der Waals surface area contributed by atoms with Crippen LogP contribution in [0.1, 0.15) is 70.2 Å². The lowest BCUT2D eigenvalue weighted by atomic mass is 9.96. The summed E-state index contributed by atoms with van der Waals surface area (Å²) < 4.78 is 6.04. The highest BCUT2D eigenvalue weighted by molar-refractivity contribution is 5.79. The van der Waals surface area contributed by atoms with Crippen LogP contribution >= 0.6 is 0 Å². The van der Waals surface area contributed by atoms with Gasteiger partial charge in [0.2, 0.25) is 11.8 Å². The molecule has 0 aliphatic carbocycles. The lowest BCUT2D eigenvalue weighted by Crippen LogP contribution is -2.39. The van der Waals surface area contributed by atoms with Gasteiger partial charge < -0.3 is 15.1 Å². The standard InChI is InChI=1S/C24H33N3O3/c1-2-20(28)11-7-4-8-12-21(27-23(29)19-13-15-25-16-14-19)24-26-17-22(30-24)18-9-5-3-6-10-18/h3,5-6,9-10,17,19,21,25H,2,4,7-8,11-16H2,1H3,(H,27,29). The number of carbonyl (C=O) groups is 2. The van der Waals surface area contributed by atoms with Gasteiger partial charge in [-0.25, -0.2) is 4.98 Å². The molecule has 1 aromatic heterocycles. The number of nitrogens with zero attached hydrogens (tertiary/aromatic N) is 1. The van der Waals surface area contributed by atoms with Crippen LogP contribution in [0.5, 0.6) is 0 Å². The van der Waals surface area contributed by atoms with E-state index in [-0.39, 0.29) is 17.9 Å². The number of ketones is 1. The monoisotopic (exact) mass is 411 g/mol. The van der Waals surface area contributed by atoms with Crippen molar-refractivity contribution >= 4 is 11.7 Å². The van der Waals surface area contributed by atoms with E-state index in [1.807, 2.05) is 37.3 Å². The van der Waals surface area contributed by atoms with Gasteiger partial charge in [0.1, 0.15) is 11.8 Å². The minimum Gasteiger partial charge on any atom is -0.438 e. The lowest BCUT2D eigenvalue weighted by molar-refractivity contribution is -0.126. The fourth-order valence-electron chi connectivity index (χ4n) is 3.84. The molecule has 0 saturated carbocycles. The Morgan fingerprint density at radius 2 is 1.93 bits per heavy atom. The average molecular weight is 412 g/mol. The van der Waals surface area contributed by atoms with E-state index in [1.54, 1.807) is 6.20 Å². The van der Waals surface area contributed by atoms with Gasteiger partial charge in [-0.1, -0.05) is 50.1 Å². The molecule has 6 nitrogen and oxygen atoms in total. The Morgan fingerprint density at radius 3 is 2.67 bits per heavy atom. The highest BCUT2D eigenvalue weighted by atomic mass is 16.4. The quantitative estimate of drug-likeness (QED) is 0.535. The molecule has 0 bridgehead atoms. The summed E-state index contributed by atoms with van der Waals surface area (Å²) in [4.78, 5) is 28.8. The van der Waals surface area contributed by atoms with Crippen LogP contribution in [-0.4, -0.2) is 29.8 Å². The summed E-state index contributed by atoms with van der Waals surface area (Å²) in [5.41, 5.74) is 0.970. The van der Waals surface area contributed by atoms with Crippen molar-refractivity contribution < 1.29 is 14.0 Å². The van der Waals surface area contributed by atoms with Crippen molar-refractivity contribution in [2.45, 2.75) is 64.3 Å². The van der Waals surface area contributed by atoms with Gasteiger partial charge in [-0.15, -0.1) is 0 Å². The van der Waals surface area contributed by atoms with Crippen LogP contribution in [0.3, 0.4) is 0 Å². The molecular formula is C24H33N3O3. The highest BCUT2D eigenvalue weighted by Gasteiger charge is 2.26. The molecule has 1 aromatic carbocycles. The molecule has 1 saturated heterocycles. The Morgan fingerprint density at radius 1 is 1.17 bits per heavy atom. The van der Waals surface area contributed by atoms with Gasteiger partial charge >= 0.3 is 0 Å². The van der Waals surface area contributed by atoms with Gasteiger partial charge in [-0.05, 0) is 38.8 Å². The third kappa shape index (κ3) is 6.52. The first-order chi connectivity index (χ1) is 14.7. The molecule has 2 heterocycles. The number of oxazole rings is 1. The lowest BCUT2D eigenvalue weighted by Gasteiger charge is -2.24. The second kappa shape index (κ2) is 11.6. The van der Waals surface area contributed by atoms with E-state index in [0.29, 0.717) is 30.3 Å². The smallest absolute Gasteiger partial charge is 0.223 e. The Hall–Kier alpha value is -2.47. The number of rotatable bonds is 11. The Balaban J connectivity index is 1.63. The molecule has 30 heavy (non-hydrogen) atoms. The van der Waals surface area contributed by atoms with E-state index in [0.717, 1.165) is 57.2 Å². The van der Waals surface area contributed by atoms with Gasteiger partial charge in [0.25, 0.3) is 0 Å².